The number of hydrogen-bond donors (Lipinski definition) is 0. The first-order valence-corrected chi connectivity index (χ1v) is 5.47. The van der Waals surface area contributed by atoms with Crippen molar-refractivity contribution in [2.75, 3.05) is 11.9 Å². The number of carbonyl (C=O) groups excluding carboxylic acids is 1. The van der Waals surface area contributed by atoms with Crippen LogP contribution in [0.4, 0.5) is 13.2 Å². The fraction of sp³-hybridized carbons (Fsp3) is 0.444. The fourth-order valence-electron chi connectivity index (χ4n) is 1.12. The topological polar surface area (TPSA) is 33.5 Å². The van der Waals surface area contributed by atoms with E-state index in [0.717, 1.165) is 0 Å². The zero-order valence-electron chi connectivity index (χ0n) is 8.13. The molecule has 0 bridgehead atoms. The Bertz CT molecular complexity index is 337. The maximum Gasteiger partial charge on any atom is 0.406 e. The molecule has 0 radical (unpaired) electrons. The largest absolute Gasteiger partial charge is 0.467 e. The summed E-state index contributed by atoms with van der Waals surface area (Å²) in [5.41, 5.74) is 0. The Kier molecular flexibility index (Phi) is 4.40. The first-order chi connectivity index (χ1) is 7.42. The van der Waals surface area contributed by atoms with Crippen molar-refractivity contribution in [3.8, 4) is 0 Å². The number of amides is 1. The normalized spacial score (nSPS) is 11.5. The van der Waals surface area contributed by atoms with Crippen LogP contribution in [0.25, 0.3) is 0 Å². The summed E-state index contributed by atoms with van der Waals surface area (Å²) < 4.78 is 41.5. The van der Waals surface area contributed by atoms with Gasteiger partial charge in [-0.2, -0.15) is 13.2 Å². The SMILES string of the molecule is O=C(CBr)N(Cc1ccco1)CC(F)(F)F. The van der Waals surface area contributed by atoms with E-state index in [1.807, 2.05) is 0 Å². The standard InChI is InChI=1S/C9H9BrF3NO2/c10-4-8(15)14(6-9(11,12)13)5-7-2-1-3-16-7/h1-3H,4-6H2. The van der Waals surface area contributed by atoms with Crippen LogP contribution in [-0.2, 0) is 11.3 Å². The molecule has 90 valence electrons. The fourth-order valence-corrected chi connectivity index (χ4v) is 1.48. The second-order valence-corrected chi connectivity index (χ2v) is 3.64. The lowest BCUT2D eigenvalue weighted by Gasteiger charge is -2.22. The van der Waals surface area contributed by atoms with Crippen LogP contribution >= 0.6 is 15.9 Å². The van der Waals surface area contributed by atoms with Gasteiger partial charge in [-0.05, 0) is 12.1 Å². The summed E-state index contributed by atoms with van der Waals surface area (Å²) in [6.45, 7) is -1.46. The van der Waals surface area contributed by atoms with Crippen LogP contribution in [0.15, 0.2) is 22.8 Å². The van der Waals surface area contributed by atoms with Crippen LogP contribution < -0.4 is 0 Å². The van der Waals surface area contributed by atoms with E-state index in [1.54, 1.807) is 6.07 Å². The van der Waals surface area contributed by atoms with Crippen LogP contribution in [0.1, 0.15) is 5.76 Å². The van der Waals surface area contributed by atoms with E-state index in [9.17, 15) is 18.0 Å². The smallest absolute Gasteiger partial charge is 0.406 e. The molecule has 0 N–H and O–H groups in total. The highest BCUT2D eigenvalue weighted by atomic mass is 79.9. The highest BCUT2D eigenvalue weighted by Crippen LogP contribution is 2.18. The van der Waals surface area contributed by atoms with Gasteiger partial charge in [0, 0.05) is 0 Å². The Morgan fingerprint density at radius 2 is 2.19 bits per heavy atom. The molecule has 1 aromatic heterocycles. The molecule has 0 aliphatic heterocycles. The predicted octanol–water partition coefficient (Wildman–Crippen LogP) is 2.57. The first-order valence-electron chi connectivity index (χ1n) is 4.35. The number of hydrogen-bond acceptors (Lipinski definition) is 2. The molecule has 0 atom stereocenters. The molecule has 0 spiro atoms. The Balaban J connectivity index is 2.68. The highest BCUT2D eigenvalue weighted by Gasteiger charge is 2.32. The van der Waals surface area contributed by atoms with Gasteiger partial charge in [0.2, 0.25) is 5.91 Å². The third-order valence-corrected chi connectivity index (χ3v) is 2.24. The predicted molar refractivity (Wildman–Crippen MR) is 54.0 cm³/mol. The summed E-state index contributed by atoms with van der Waals surface area (Å²) in [5.74, 6) is -0.313. The van der Waals surface area contributed by atoms with Gasteiger partial charge in [0.05, 0.1) is 18.1 Å². The molecular weight excluding hydrogens is 291 g/mol. The summed E-state index contributed by atoms with van der Waals surface area (Å²) in [7, 11) is 0. The summed E-state index contributed by atoms with van der Waals surface area (Å²) in [4.78, 5) is 11.9. The molecule has 7 heteroatoms. The van der Waals surface area contributed by atoms with Crippen LogP contribution in [0.2, 0.25) is 0 Å². The molecule has 3 nitrogen and oxygen atoms in total. The molecule has 0 saturated carbocycles. The van der Waals surface area contributed by atoms with Crippen molar-refractivity contribution in [2.24, 2.45) is 0 Å². The molecule has 1 aromatic rings. The van der Waals surface area contributed by atoms with E-state index in [0.29, 0.717) is 10.7 Å². The van der Waals surface area contributed by atoms with Crippen LogP contribution in [0, 0.1) is 0 Å². The monoisotopic (exact) mass is 299 g/mol. The van der Waals surface area contributed by atoms with Crippen LogP contribution in [0.3, 0.4) is 0 Å². The quantitative estimate of drug-likeness (QED) is 0.801. The minimum Gasteiger partial charge on any atom is -0.467 e. The molecule has 16 heavy (non-hydrogen) atoms. The number of furan rings is 1. The van der Waals surface area contributed by atoms with Crippen molar-refractivity contribution in [1.29, 1.82) is 0 Å². The van der Waals surface area contributed by atoms with E-state index >= 15 is 0 Å². The Hall–Kier alpha value is -0.980. The van der Waals surface area contributed by atoms with Crippen LogP contribution in [-0.4, -0.2) is 28.9 Å². The molecular formula is C9H9BrF3NO2. The van der Waals surface area contributed by atoms with E-state index in [-0.39, 0.29) is 11.9 Å². The average molecular weight is 300 g/mol. The minimum atomic E-state index is -4.41. The van der Waals surface area contributed by atoms with Gasteiger partial charge in [0.15, 0.2) is 0 Å². The van der Waals surface area contributed by atoms with Gasteiger partial charge in [-0.15, -0.1) is 0 Å². The first kappa shape index (κ1) is 13.1. The highest BCUT2D eigenvalue weighted by molar-refractivity contribution is 9.09. The Labute approximate surface area is 98.3 Å². The number of alkyl halides is 4. The van der Waals surface area contributed by atoms with Gasteiger partial charge in [-0.3, -0.25) is 4.79 Å². The van der Waals surface area contributed by atoms with Gasteiger partial charge in [0.25, 0.3) is 0 Å². The van der Waals surface area contributed by atoms with Crippen molar-refractivity contribution < 1.29 is 22.4 Å². The molecule has 0 saturated heterocycles. The van der Waals surface area contributed by atoms with Crippen molar-refractivity contribution in [3.05, 3.63) is 24.2 Å². The van der Waals surface area contributed by atoms with Gasteiger partial charge in [0.1, 0.15) is 12.3 Å². The van der Waals surface area contributed by atoms with E-state index in [4.69, 9.17) is 4.42 Å². The zero-order valence-corrected chi connectivity index (χ0v) is 9.71. The van der Waals surface area contributed by atoms with Gasteiger partial charge in [-0.1, -0.05) is 15.9 Å². The van der Waals surface area contributed by atoms with Gasteiger partial charge < -0.3 is 9.32 Å². The van der Waals surface area contributed by atoms with E-state index in [1.165, 1.54) is 12.3 Å². The average Bonchev–Trinajstić information content (AvgIpc) is 2.66. The molecule has 0 unspecified atom stereocenters. The second kappa shape index (κ2) is 5.38. The Morgan fingerprint density at radius 1 is 1.50 bits per heavy atom. The summed E-state index contributed by atoms with van der Waals surface area (Å²) >= 11 is 2.84. The number of nitrogens with zero attached hydrogens (tertiary/aromatic N) is 1. The number of rotatable bonds is 4. The number of halogens is 4. The van der Waals surface area contributed by atoms with Crippen molar-refractivity contribution >= 4 is 21.8 Å². The van der Waals surface area contributed by atoms with E-state index < -0.39 is 18.6 Å². The molecule has 0 aliphatic rings. The molecule has 0 fully saturated rings. The van der Waals surface area contributed by atoms with E-state index in [2.05, 4.69) is 15.9 Å². The molecule has 0 aromatic carbocycles. The summed E-state index contributed by atoms with van der Waals surface area (Å²) in [6, 6.07) is 3.07. The van der Waals surface area contributed by atoms with Crippen molar-refractivity contribution in [3.63, 3.8) is 0 Å². The van der Waals surface area contributed by atoms with Crippen molar-refractivity contribution in [1.82, 2.24) is 4.90 Å². The zero-order chi connectivity index (χ0) is 12.2. The lowest BCUT2D eigenvalue weighted by atomic mass is 10.3. The lowest BCUT2D eigenvalue weighted by Crippen LogP contribution is -2.39. The third-order valence-electron chi connectivity index (χ3n) is 1.76. The lowest BCUT2D eigenvalue weighted by molar-refractivity contribution is -0.161. The second-order valence-electron chi connectivity index (χ2n) is 3.08. The van der Waals surface area contributed by atoms with Gasteiger partial charge >= 0.3 is 6.18 Å². The summed E-state index contributed by atoms with van der Waals surface area (Å²) in [5, 5.41) is -0.149. The third kappa shape index (κ3) is 4.26. The van der Waals surface area contributed by atoms with Crippen LogP contribution in [0.5, 0.6) is 0 Å². The van der Waals surface area contributed by atoms with Gasteiger partial charge in [-0.25, -0.2) is 0 Å². The Morgan fingerprint density at radius 3 is 2.62 bits per heavy atom. The molecule has 0 aliphatic carbocycles. The molecule has 1 rings (SSSR count). The van der Waals surface area contributed by atoms with Crippen molar-refractivity contribution in [2.45, 2.75) is 12.7 Å². The minimum absolute atomic E-state index is 0.149. The molecule has 1 heterocycles. The molecule has 1 amide bonds. The maximum atomic E-state index is 12.2. The summed E-state index contributed by atoms with van der Waals surface area (Å²) in [6.07, 6.45) is -3.07. The maximum absolute atomic E-state index is 12.2. The number of carbonyl (C=O) groups is 1.